The molecule has 246 valence electrons. The molecule has 1 aromatic heterocycles. The van der Waals surface area contributed by atoms with E-state index in [1.54, 1.807) is 4.90 Å². The maximum absolute atomic E-state index is 14.2. The largest absolute Gasteiger partial charge is 0.444 e. The van der Waals surface area contributed by atoms with Crippen LogP contribution in [0.3, 0.4) is 0 Å². The molecular formula is C33H48FN7O4. The molecule has 0 unspecified atom stereocenters. The molecule has 2 amide bonds. The number of rotatable bonds is 8. The zero-order valence-electron chi connectivity index (χ0n) is 27.6. The second-order valence-electron chi connectivity index (χ2n) is 14.1. The molecule has 3 aliphatic rings. The number of aromatic nitrogens is 3. The minimum Gasteiger partial charge on any atom is -0.444 e. The first-order chi connectivity index (χ1) is 21.4. The van der Waals surface area contributed by atoms with E-state index in [1.807, 2.05) is 46.4 Å². The Kier molecular flexibility index (Phi) is 9.81. The molecule has 0 aliphatic carbocycles. The van der Waals surface area contributed by atoms with Crippen molar-refractivity contribution < 1.29 is 23.5 Å². The van der Waals surface area contributed by atoms with E-state index in [1.165, 1.54) is 24.5 Å². The van der Waals surface area contributed by atoms with Gasteiger partial charge < -0.3 is 29.1 Å². The van der Waals surface area contributed by atoms with E-state index in [-0.39, 0.29) is 40.7 Å². The smallest absolute Gasteiger partial charge is 0.410 e. The number of hydrogen-bond donors (Lipinski definition) is 0. The van der Waals surface area contributed by atoms with Gasteiger partial charge in [0, 0.05) is 50.7 Å². The maximum atomic E-state index is 14.2. The third kappa shape index (κ3) is 7.82. The molecule has 45 heavy (non-hydrogen) atoms. The lowest BCUT2D eigenvalue weighted by Crippen LogP contribution is -2.61. The van der Waals surface area contributed by atoms with Crippen molar-refractivity contribution in [3.8, 4) is 11.6 Å². The van der Waals surface area contributed by atoms with Crippen LogP contribution in [0.15, 0.2) is 24.5 Å². The van der Waals surface area contributed by atoms with Gasteiger partial charge >= 0.3 is 6.09 Å². The fourth-order valence-electron chi connectivity index (χ4n) is 6.73. The number of anilines is 1. The van der Waals surface area contributed by atoms with Crippen molar-refractivity contribution in [1.29, 1.82) is 0 Å². The van der Waals surface area contributed by atoms with Crippen molar-refractivity contribution in [2.75, 3.05) is 57.3 Å². The molecule has 0 saturated carbocycles. The Hall–Kier alpha value is -3.54. The second-order valence-corrected chi connectivity index (χ2v) is 14.1. The number of nitrogens with zero attached hydrogens (tertiary/aromatic N) is 7. The Morgan fingerprint density at radius 3 is 2.42 bits per heavy atom. The molecule has 3 saturated heterocycles. The molecule has 0 atom stereocenters. The number of likely N-dealkylation sites (tertiary alicyclic amines) is 2. The number of carbonyl (C=O) groups excluding carboxylic acids is 2. The molecule has 11 nitrogen and oxygen atoms in total. The predicted molar refractivity (Wildman–Crippen MR) is 169 cm³/mol. The molecule has 2 aromatic rings. The Balaban J connectivity index is 1.15. The first-order valence-electron chi connectivity index (χ1n) is 16.3. The van der Waals surface area contributed by atoms with Gasteiger partial charge in [-0.2, -0.15) is 0 Å². The highest BCUT2D eigenvalue weighted by molar-refractivity contribution is 5.97. The highest BCUT2D eigenvalue weighted by Gasteiger charge is 2.46. The van der Waals surface area contributed by atoms with Gasteiger partial charge in [-0.05, 0) is 104 Å². The zero-order chi connectivity index (χ0) is 32.4. The number of carbonyl (C=O) groups is 2. The standard InChI is InChI=1S/C33H48FN7O4/c1-7-41(23(2)3)30(42)26-18-25(34)8-9-27(26)44-29-28(35-22-36-37-29)40-20-33(21-40)12-16-38(17-13-33)19-24-10-14-39(15-11-24)31(43)45-32(4,5)6/h8-9,18,22-24H,7,10-17,19-21H2,1-6H3. The second kappa shape index (κ2) is 13.4. The summed E-state index contributed by atoms with van der Waals surface area (Å²) >= 11 is 0. The number of ether oxygens (including phenoxy) is 2. The maximum Gasteiger partial charge on any atom is 0.410 e. The van der Waals surface area contributed by atoms with Gasteiger partial charge in [-0.15, -0.1) is 10.2 Å². The van der Waals surface area contributed by atoms with Crippen LogP contribution in [0.2, 0.25) is 0 Å². The quantitative estimate of drug-likeness (QED) is 0.390. The molecule has 1 spiro atoms. The summed E-state index contributed by atoms with van der Waals surface area (Å²) in [4.78, 5) is 38.4. The topological polar surface area (TPSA) is 104 Å². The number of hydrogen-bond acceptors (Lipinski definition) is 9. The average Bonchev–Trinajstić information content (AvgIpc) is 2.97. The van der Waals surface area contributed by atoms with Crippen LogP contribution in [0.4, 0.5) is 15.0 Å². The monoisotopic (exact) mass is 625 g/mol. The molecule has 4 heterocycles. The highest BCUT2D eigenvalue weighted by atomic mass is 19.1. The van der Waals surface area contributed by atoms with Crippen LogP contribution in [-0.4, -0.2) is 106 Å². The van der Waals surface area contributed by atoms with E-state index in [4.69, 9.17) is 9.47 Å². The normalized spacial score (nSPS) is 19.0. The van der Waals surface area contributed by atoms with Gasteiger partial charge in [-0.3, -0.25) is 4.79 Å². The van der Waals surface area contributed by atoms with Crippen LogP contribution in [0.1, 0.15) is 77.6 Å². The Morgan fingerprint density at radius 2 is 1.80 bits per heavy atom. The van der Waals surface area contributed by atoms with Crippen molar-refractivity contribution in [2.24, 2.45) is 11.3 Å². The van der Waals surface area contributed by atoms with Crippen molar-refractivity contribution in [2.45, 2.75) is 78.9 Å². The molecule has 3 fully saturated rings. The van der Waals surface area contributed by atoms with Gasteiger partial charge in [0.05, 0.1) is 5.56 Å². The van der Waals surface area contributed by atoms with Crippen LogP contribution in [0, 0.1) is 17.2 Å². The van der Waals surface area contributed by atoms with E-state index in [9.17, 15) is 14.0 Å². The summed E-state index contributed by atoms with van der Waals surface area (Å²) in [7, 11) is 0. The fourth-order valence-corrected chi connectivity index (χ4v) is 6.73. The van der Waals surface area contributed by atoms with Crippen LogP contribution in [0.25, 0.3) is 0 Å². The molecule has 12 heteroatoms. The highest BCUT2D eigenvalue weighted by Crippen LogP contribution is 2.44. The summed E-state index contributed by atoms with van der Waals surface area (Å²) in [6.07, 6.45) is 5.42. The molecular weight excluding hydrogens is 577 g/mol. The molecule has 0 bridgehead atoms. The third-order valence-electron chi connectivity index (χ3n) is 9.23. The van der Waals surface area contributed by atoms with Crippen LogP contribution < -0.4 is 9.64 Å². The summed E-state index contributed by atoms with van der Waals surface area (Å²) in [6, 6.07) is 3.90. The van der Waals surface area contributed by atoms with E-state index >= 15 is 0 Å². The lowest BCUT2D eigenvalue weighted by molar-refractivity contribution is 0.0144. The lowest BCUT2D eigenvalue weighted by atomic mass is 9.72. The van der Waals surface area contributed by atoms with Gasteiger partial charge in [0.1, 0.15) is 23.5 Å². The summed E-state index contributed by atoms with van der Waals surface area (Å²) in [5.74, 6) is 0.790. The zero-order valence-corrected chi connectivity index (χ0v) is 27.6. The van der Waals surface area contributed by atoms with Gasteiger partial charge in [0.2, 0.25) is 0 Å². The Bertz CT molecular complexity index is 1340. The summed E-state index contributed by atoms with van der Waals surface area (Å²) in [5.41, 5.74) is -0.108. The van der Waals surface area contributed by atoms with E-state index < -0.39 is 11.4 Å². The predicted octanol–water partition coefficient (Wildman–Crippen LogP) is 5.22. The summed E-state index contributed by atoms with van der Waals surface area (Å²) < 4.78 is 25.9. The third-order valence-corrected chi connectivity index (χ3v) is 9.23. The Labute approximate surface area is 266 Å². The average molecular weight is 626 g/mol. The summed E-state index contributed by atoms with van der Waals surface area (Å²) in [6.45, 7) is 18.3. The van der Waals surface area contributed by atoms with Gasteiger partial charge in [0.15, 0.2) is 5.82 Å². The van der Waals surface area contributed by atoms with E-state index in [0.717, 1.165) is 71.5 Å². The Morgan fingerprint density at radius 1 is 1.11 bits per heavy atom. The number of piperidine rings is 2. The van der Waals surface area contributed by atoms with Crippen molar-refractivity contribution in [3.05, 3.63) is 35.9 Å². The molecule has 5 rings (SSSR count). The van der Waals surface area contributed by atoms with Crippen LogP contribution in [-0.2, 0) is 4.74 Å². The lowest BCUT2D eigenvalue weighted by Gasteiger charge is -2.54. The van der Waals surface area contributed by atoms with Crippen molar-refractivity contribution >= 4 is 17.8 Å². The van der Waals surface area contributed by atoms with Gasteiger partial charge in [-0.1, -0.05) is 0 Å². The number of benzene rings is 1. The van der Waals surface area contributed by atoms with E-state index in [2.05, 4.69) is 25.0 Å². The molecule has 3 aliphatic heterocycles. The molecule has 1 aromatic carbocycles. The minimum absolute atomic E-state index is 0.0479. The molecule has 0 radical (unpaired) electrons. The summed E-state index contributed by atoms with van der Waals surface area (Å²) in [5, 5.41) is 8.14. The molecule has 0 N–H and O–H groups in total. The first kappa shape index (κ1) is 32.8. The number of halogens is 1. The van der Waals surface area contributed by atoms with E-state index in [0.29, 0.717) is 18.3 Å². The van der Waals surface area contributed by atoms with Crippen LogP contribution >= 0.6 is 0 Å². The number of amides is 2. The SMILES string of the molecule is CCN(C(=O)c1cc(F)ccc1Oc1nncnc1N1CC2(CCN(CC3CCN(C(=O)OC(C)(C)C)CC3)CC2)C1)C(C)C. The minimum atomic E-state index is -0.509. The fraction of sp³-hybridized carbons (Fsp3) is 0.667. The first-order valence-corrected chi connectivity index (χ1v) is 16.3. The van der Waals surface area contributed by atoms with Crippen molar-refractivity contribution in [3.63, 3.8) is 0 Å². The van der Waals surface area contributed by atoms with Crippen molar-refractivity contribution in [1.82, 2.24) is 29.9 Å². The van der Waals surface area contributed by atoms with Crippen LogP contribution in [0.5, 0.6) is 11.6 Å². The van der Waals surface area contributed by atoms with Gasteiger partial charge in [-0.25, -0.2) is 14.2 Å². The van der Waals surface area contributed by atoms with Gasteiger partial charge in [0.25, 0.3) is 11.8 Å².